The second-order valence-electron chi connectivity index (χ2n) is 3.31. The van der Waals surface area contributed by atoms with Crippen LogP contribution < -0.4 is 0 Å². The first-order valence-corrected chi connectivity index (χ1v) is 4.51. The van der Waals surface area contributed by atoms with Crippen LogP contribution in [-0.2, 0) is 9.53 Å². The van der Waals surface area contributed by atoms with Gasteiger partial charge in [0, 0.05) is 0 Å². The fourth-order valence-corrected chi connectivity index (χ4v) is 1.15. The highest BCUT2D eigenvalue weighted by Crippen LogP contribution is 2.08. The van der Waals surface area contributed by atoms with Gasteiger partial charge in [-0.05, 0) is 25.0 Å². The highest BCUT2D eigenvalue weighted by atomic mass is 16.5. The molecule has 2 nitrogen and oxygen atoms in total. The molecule has 0 aliphatic rings. The van der Waals surface area contributed by atoms with Gasteiger partial charge in [-0.1, -0.05) is 35.9 Å². The summed E-state index contributed by atoms with van der Waals surface area (Å²) in [7, 11) is 0. The van der Waals surface area contributed by atoms with Gasteiger partial charge in [0.2, 0.25) is 0 Å². The molecule has 0 fully saturated rings. The molecule has 1 aromatic rings. The molecule has 0 aromatic heterocycles. The zero-order chi connectivity index (χ0) is 10.4. The van der Waals surface area contributed by atoms with Crippen LogP contribution >= 0.6 is 0 Å². The van der Waals surface area contributed by atoms with Gasteiger partial charge < -0.3 is 4.74 Å². The Labute approximate surface area is 84.2 Å². The van der Waals surface area contributed by atoms with Crippen molar-refractivity contribution in [1.29, 1.82) is 0 Å². The number of rotatable bonds is 4. The molecule has 0 aliphatic carbocycles. The maximum atomic E-state index is 9.96. The van der Waals surface area contributed by atoms with Crippen molar-refractivity contribution in [3.8, 4) is 0 Å². The minimum atomic E-state index is 0.359. The van der Waals surface area contributed by atoms with Crippen LogP contribution in [0.3, 0.4) is 0 Å². The van der Waals surface area contributed by atoms with Crippen molar-refractivity contribution in [2.75, 3.05) is 6.61 Å². The molecule has 1 aromatic carbocycles. The molecule has 0 amide bonds. The van der Waals surface area contributed by atoms with E-state index >= 15 is 0 Å². The lowest BCUT2D eigenvalue weighted by Gasteiger charge is -2.00. The Balaban J connectivity index is 2.66. The molecule has 0 bridgehead atoms. The van der Waals surface area contributed by atoms with Gasteiger partial charge >= 0.3 is 0 Å². The lowest BCUT2D eigenvalue weighted by molar-refractivity contribution is -0.127. The van der Waals surface area contributed by atoms with E-state index in [1.165, 1.54) is 5.56 Å². The van der Waals surface area contributed by atoms with Crippen LogP contribution in [0.1, 0.15) is 18.1 Å². The normalized spacial score (nSPS) is 11.1. The summed E-state index contributed by atoms with van der Waals surface area (Å²) in [5.74, 6) is 0. The Hall–Kier alpha value is -1.57. The van der Waals surface area contributed by atoms with Crippen LogP contribution in [0.5, 0.6) is 0 Å². The molecule has 0 heterocycles. The molecular formula is C12H14O2. The van der Waals surface area contributed by atoms with Crippen molar-refractivity contribution in [2.24, 2.45) is 0 Å². The maximum absolute atomic E-state index is 9.96. The van der Waals surface area contributed by atoms with Crippen LogP contribution in [-0.4, -0.2) is 13.1 Å². The van der Waals surface area contributed by atoms with E-state index in [1.807, 2.05) is 25.1 Å². The average molecular weight is 190 g/mol. The quantitative estimate of drug-likeness (QED) is 0.682. The van der Waals surface area contributed by atoms with Gasteiger partial charge in [-0.15, -0.1) is 0 Å². The van der Waals surface area contributed by atoms with Crippen LogP contribution in [0.25, 0.3) is 6.08 Å². The maximum Gasteiger partial charge on any atom is 0.293 e. The van der Waals surface area contributed by atoms with E-state index in [2.05, 4.69) is 23.8 Å². The fraction of sp³-hybridized carbons (Fsp3) is 0.250. The summed E-state index contributed by atoms with van der Waals surface area (Å²) in [5, 5.41) is 0. The third-order valence-corrected chi connectivity index (χ3v) is 1.87. The van der Waals surface area contributed by atoms with E-state index in [9.17, 15) is 4.79 Å². The summed E-state index contributed by atoms with van der Waals surface area (Å²) in [5.41, 5.74) is 3.40. The SMILES string of the molecule is CC(=Cc1ccc(C)cc1)COC=O. The summed E-state index contributed by atoms with van der Waals surface area (Å²) in [6.07, 6.45) is 2.00. The lowest BCUT2D eigenvalue weighted by atomic mass is 10.1. The molecule has 1 rings (SSSR count). The number of aryl methyl sites for hydroxylation is 1. The van der Waals surface area contributed by atoms with E-state index < -0.39 is 0 Å². The molecule has 2 heteroatoms. The van der Waals surface area contributed by atoms with Gasteiger partial charge in [0.15, 0.2) is 0 Å². The molecule has 0 unspecified atom stereocenters. The minimum absolute atomic E-state index is 0.359. The number of carbonyl (C=O) groups is 1. The molecule has 0 N–H and O–H groups in total. The molecule has 0 radical (unpaired) electrons. The number of benzene rings is 1. The van der Waals surface area contributed by atoms with E-state index in [1.54, 1.807) is 0 Å². The Morgan fingerprint density at radius 1 is 1.36 bits per heavy atom. The van der Waals surface area contributed by atoms with Gasteiger partial charge in [0.1, 0.15) is 6.61 Å². The highest BCUT2D eigenvalue weighted by Gasteiger charge is 1.91. The van der Waals surface area contributed by atoms with Gasteiger partial charge in [-0.2, -0.15) is 0 Å². The Morgan fingerprint density at radius 2 is 2.00 bits per heavy atom. The number of carbonyl (C=O) groups excluding carboxylic acids is 1. The largest absolute Gasteiger partial charge is 0.463 e. The van der Waals surface area contributed by atoms with E-state index in [4.69, 9.17) is 0 Å². The molecular weight excluding hydrogens is 176 g/mol. The second-order valence-corrected chi connectivity index (χ2v) is 3.31. The highest BCUT2D eigenvalue weighted by molar-refractivity contribution is 5.53. The third kappa shape index (κ3) is 3.44. The van der Waals surface area contributed by atoms with Crippen molar-refractivity contribution >= 4 is 12.5 Å². The number of hydrogen-bond donors (Lipinski definition) is 0. The summed E-state index contributed by atoms with van der Waals surface area (Å²) >= 11 is 0. The monoisotopic (exact) mass is 190 g/mol. The first kappa shape index (κ1) is 10.5. The van der Waals surface area contributed by atoms with Crippen molar-refractivity contribution < 1.29 is 9.53 Å². The smallest absolute Gasteiger partial charge is 0.293 e. The standard InChI is InChI=1S/C12H14O2/c1-10-3-5-12(6-4-10)7-11(2)8-14-9-13/h3-7,9H,8H2,1-2H3. The Bertz CT molecular complexity index is 323. The minimum Gasteiger partial charge on any atom is -0.463 e. The molecule has 0 aliphatic heterocycles. The van der Waals surface area contributed by atoms with Crippen molar-refractivity contribution in [2.45, 2.75) is 13.8 Å². The first-order valence-electron chi connectivity index (χ1n) is 4.51. The molecule has 74 valence electrons. The summed E-state index contributed by atoms with van der Waals surface area (Å²) in [4.78, 5) is 9.96. The van der Waals surface area contributed by atoms with Gasteiger partial charge in [0.25, 0.3) is 6.47 Å². The third-order valence-electron chi connectivity index (χ3n) is 1.87. The van der Waals surface area contributed by atoms with Crippen molar-refractivity contribution in [1.82, 2.24) is 0 Å². The van der Waals surface area contributed by atoms with Crippen LogP contribution in [0.2, 0.25) is 0 Å². The lowest BCUT2D eigenvalue weighted by Crippen LogP contribution is -1.92. The summed E-state index contributed by atoms with van der Waals surface area (Å²) in [6, 6.07) is 8.19. The van der Waals surface area contributed by atoms with E-state index in [0.29, 0.717) is 13.1 Å². The second kappa shape index (κ2) is 5.22. The first-order chi connectivity index (χ1) is 6.72. The van der Waals surface area contributed by atoms with Crippen molar-refractivity contribution in [3.05, 3.63) is 41.0 Å². The Kier molecular flexibility index (Phi) is 3.92. The van der Waals surface area contributed by atoms with E-state index in [-0.39, 0.29) is 0 Å². The van der Waals surface area contributed by atoms with Gasteiger partial charge in [0.05, 0.1) is 0 Å². The zero-order valence-corrected chi connectivity index (χ0v) is 8.49. The predicted molar refractivity (Wildman–Crippen MR) is 56.8 cm³/mol. The van der Waals surface area contributed by atoms with Crippen LogP contribution in [0.15, 0.2) is 29.8 Å². The summed E-state index contributed by atoms with van der Waals surface area (Å²) in [6.45, 7) is 4.81. The summed E-state index contributed by atoms with van der Waals surface area (Å²) < 4.78 is 4.64. The Morgan fingerprint density at radius 3 is 2.57 bits per heavy atom. The predicted octanol–water partition coefficient (Wildman–Crippen LogP) is 2.57. The molecule has 0 saturated carbocycles. The molecule has 0 saturated heterocycles. The molecule has 0 atom stereocenters. The molecule has 0 spiro atoms. The van der Waals surface area contributed by atoms with Gasteiger partial charge in [-0.3, -0.25) is 4.79 Å². The zero-order valence-electron chi connectivity index (χ0n) is 8.49. The van der Waals surface area contributed by atoms with Crippen molar-refractivity contribution in [3.63, 3.8) is 0 Å². The average Bonchev–Trinajstić information content (AvgIpc) is 2.18. The van der Waals surface area contributed by atoms with Crippen LogP contribution in [0, 0.1) is 6.92 Å². The topological polar surface area (TPSA) is 26.3 Å². The van der Waals surface area contributed by atoms with E-state index in [0.717, 1.165) is 11.1 Å². The van der Waals surface area contributed by atoms with Crippen LogP contribution in [0.4, 0.5) is 0 Å². The number of ether oxygens (including phenoxy) is 1. The molecule has 14 heavy (non-hydrogen) atoms. The number of hydrogen-bond acceptors (Lipinski definition) is 2. The fourth-order valence-electron chi connectivity index (χ4n) is 1.15. The van der Waals surface area contributed by atoms with Gasteiger partial charge in [-0.25, -0.2) is 0 Å².